The molecule has 1 heterocycles. The van der Waals surface area contributed by atoms with Crippen molar-refractivity contribution in [1.82, 2.24) is 9.97 Å². The quantitative estimate of drug-likeness (QED) is 0.882. The van der Waals surface area contributed by atoms with E-state index < -0.39 is 0 Å². The van der Waals surface area contributed by atoms with Gasteiger partial charge in [0.2, 0.25) is 5.91 Å². The zero-order chi connectivity index (χ0) is 13.2. The molecule has 2 rings (SSSR count). The largest absolute Gasteiger partial charge is 0.310 e. The van der Waals surface area contributed by atoms with E-state index in [2.05, 4.69) is 15.3 Å². The maximum atomic E-state index is 11.9. The lowest BCUT2D eigenvalue weighted by Gasteiger charge is -2.17. The number of carbonyl (C=O) groups is 1. The van der Waals surface area contributed by atoms with Gasteiger partial charge in [0.15, 0.2) is 0 Å². The van der Waals surface area contributed by atoms with E-state index in [1.54, 1.807) is 0 Å². The fourth-order valence-corrected chi connectivity index (χ4v) is 1.76. The van der Waals surface area contributed by atoms with Crippen LogP contribution in [0.4, 0.5) is 5.82 Å². The van der Waals surface area contributed by atoms with E-state index in [4.69, 9.17) is 0 Å². The Morgan fingerprint density at radius 3 is 2.67 bits per heavy atom. The van der Waals surface area contributed by atoms with Gasteiger partial charge in [-0.05, 0) is 17.5 Å². The number of hydrogen-bond donors (Lipinski definition) is 1. The van der Waals surface area contributed by atoms with Gasteiger partial charge in [-0.2, -0.15) is 0 Å². The van der Waals surface area contributed by atoms with Crippen molar-refractivity contribution in [3.05, 3.63) is 30.6 Å². The van der Waals surface area contributed by atoms with Crippen LogP contribution in [-0.2, 0) is 4.79 Å². The van der Waals surface area contributed by atoms with Crippen LogP contribution in [0, 0.1) is 5.41 Å². The highest BCUT2D eigenvalue weighted by atomic mass is 16.1. The van der Waals surface area contributed by atoms with Crippen molar-refractivity contribution >= 4 is 22.6 Å². The monoisotopic (exact) mass is 243 g/mol. The van der Waals surface area contributed by atoms with Crippen LogP contribution in [0.3, 0.4) is 0 Å². The van der Waals surface area contributed by atoms with Crippen LogP contribution >= 0.6 is 0 Å². The summed E-state index contributed by atoms with van der Waals surface area (Å²) in [5, 5.41) is 3.71. The Morgan fingerprint density at radius 2 is 1.94 bits per heavy atom. The van der Waals surface area contributed by atoms with Crippen molar-refractivity contribution in [3.8, 4) is 0 Å². The maximum Gasteiger partial charge on any atom is 0.226 e. The fraction of sp³-hybridized carbons (Fsp3) is 0.357. The van der Waals surface area contributed by atoms with Gasteiger partial charge in [-0.25, -0.2) is 9.97 Å². The first-order valence-corrected chi connectivity index (χ1v) is 5.95. The number of anilines is 1. The third kappa shape index (κ3) is 3.03. The van der Waals surface area contributed by atoms with E-state index in [-0.39, 0.29) is 11.3 Å². The van der Waals surface area contributed by atoms with Crippen molar-refractivity contribution in [1.29, 1.82) is 0 Å². The molecule has 0 bridgehead atoms. The molecule has 1 N–H and O–H groups in total. The molecule has 4 heteroatoms. The van der Waals surface area contributed by atoms with Crippen molar-refractivity contribution < 1.29 is 4.79 Å². The van der Waals surface area contributed by atoms with Gasteiger partial charge in [0.05, 0.1) is 5.52 Å². The molecule has 94 valence electrons. The summed E-state index contributed by atoms with van der Waals surface area (Å²) in [6, 6.07) is 7.62. The summed E-state index contributed by atoms with van der Waals surface area (Å²) in [6.07, 6.45) is 1.93. The smallest absolute Gasteiger partial charge is 0.226 e. The Balaban J connectivity index is 2.24. The van der Waals surface area contributed by atoms with Crippen LogP contribution < -0.4 is 5.32 Å². The first-order valence-electron chi connectivity index (χ1n) is 5.95. The van der Waals surface area contributed by atoms with Crippen LogP contribution in [-0.4, -0.2) is 15.9 Å². The van der Waals surface area contributed by atoms with E-state index in [1.165, 1.54) is 6.33 Å². The summed E-state index contributed by atoms with van der Waals surface area (Å²) < 4.78 is 0. The third-order valence-corrected chi connectivity index (χ3v) is 2.49. The summed E-state index contributed by atoms with van der Waals surface area (Å²) in [5.74, 6) is 0.557. The highest BCUT2D eigenvalue weighted by Crippen LogP contribution is 2.22. The average Bonchev–Trinajstić information content (AvgIpc) is 2.27. The van der Waals surface area contributed by atoms with E-state index in [1.807, 2.05) is 45.0 Å². The molecule has 0 aliphatic heterocycles. The van der Waals surface area contributed by atoms with Crippen molar-refractivity contribution in [2.24, 2.45) is 5.41 Å². The van der Waals surface area contributed by atoms with Crippen molar-refractivity contribution in [3.63, 3.8) is 0 Å². The molecular formula is C14H17N3O. The van der Waals surface area contributed by atoms with Gasteiger partial charge in [0, 0.05) is 11.8 Å². The molecule has 0 atom stereocenters. The number of carbonyl (C=O) groups excluding carboxylic acids is 1. The minimum atomic E-state index is -0.0348. The molecule has 0 saturated heterocycles. The normalized spacial score (nSPS) is 11.5. The van der Waals surface area contributed by atoms with Crippen LogP contribution in [0.2, 0.25) is 0 Å². The molecule has 4 nitrogen and oxygen atoms in total. The molecule has 1 aromatic carbocycles. The number of para-hydroxylation sites is 1. The van der Waals surface area contributed by atoms with Crippen molar-refractivity contribution in [2.45, 2.75) is 27.2 Å². The zero-order valence-electron chi connectivity index (χ0n) is 10.9. The lowest BCUT2D eigenvalue weighted by molar-refractivity contribution is -0.117. The summed E-state index contributed by atoms with van der Waals surface area (Å²) >= 11 is 0. The van der Waals surface area contributed by atoms with Gasteiger partial charge in [-0.3, -0.25) is 4.79 Å². The predicted molar refractivity (Wildman–Crippen MR) is 72.2 cm³/mol. The second-order valence-electron chi connectivity index (χ2n) is 5.53. The molecular weight excluding hydrogens is 226 g/mol. The Kier molecular flexibility index (Phi) is 3.28. The second kappa shape index (κ2) is 4.72. The molecule has 0 fully saturated rings. The van der Waals surface area contributed by atoms with Crippen molar-refractivity contribution in [2.75, 3.05) is 5.32 Å². The van der Waals surface area contributed by atoms with Gasteiger partial charge in [0.1, 0.15) is 12.1 Å². The predicted octanol–water partition coefficient (Wildman–Crippen LogP) is 3.00. The van der Waals surface area contributed by atoms with Crippen LogP contribution in [0.1, 0.15) is 27.2 Å². The SMILES string of the molecule is CC(C)(C)CC(=O)Nc1ncnc2ccccc12. The number of nitrogens with one attached hydrogen (secondary N) is 1. The van der Waals surface area contributed by atoms with Gasteiger partial charge in [-0.15, -0.1) is 0 Å². The maximum absolute atomic E-state index is 11.9. The van der Waals surface area contributed by atoms with Gasteiger partial charge < -0.3 is 5.32 Å². The molecule has 0 spiro atoms. The van der Waals surface area contributed by atoms with E-state index in [0.717, 1.165) is 10.9 Å². The third-order valence-electron chi connectivity index (χ3n) is 2.49. The molecule has 0 aliphatic rings. The standard InChI is InChI=1S/C14H17N3O/c1-14(2,3)8-12(18)17-13-10-6-4-5-7-11(10)15-9-16-13/h4-7,9H,8H2,1-3H3,(H,15,16,17,18). The minimum Gasteiger partial charge on any atom is -0.310 e. The number of fused-ring (bicyclic) bond motifs is 1. The van der Waals surface area contributed by atoms with E-state index in [0.29, 0.717) is 12.2 Å². The van der Waals surface area contributed by atoms with E-state index >= 15 is 0 Å². The van der Waals surface area contributed by atoms with Gasteiger partial charge in [0.25, 0.3) is 0 Å². The molecule has 0 saturated carbocycles. The zero-order valence-corrected chi connectivity index (χ0v) is 10.9. The lowest BCUT2D eigenvalue weighted by Crippen LogP contribution is -2.20. The Hall–Kier alpha value is -1.97. The molecule has 2 aromatic rings. The fourth-order valence-electron chi connectivity index (χ4n) is 1.76. The second-order valence-corrected chi connectivity index (χ2v) is 5.53. The topological polar surface area (TPSA) is 54.9 Å². The summed E-state index contributed by atoms with van der Waals surface area (Å²) in [7, 11) is 0. The summed E-state index contributed by atoms with van der Waals surface area (Å²) in [5.41, 5.74) is 0.797. The number of hydrogen-bond acceptors (Lipinski definition) is 3. The minimum absolute atomic E-state index is 0.0219. The highest BCUT2D eigenvalue weighted by Gasteiger charge is 2.17. The Bertz CT molecular complexity index is 567. The average molecular weight is 243 g/mol. The van der Waals surface area contributed by atoms with Gasteiger partial charge >= 0.3 is 0 Å². The first-order chi connectivity index (χ1) is 8.46. The number of aromatic nitrogens is 2. The molecule has 1 aromatic heterocycles. The van der Waals surface area contributed by atoms with Crippen LogP contribution in [0.25, 0.3) is 10.9 Å². The van der Waals surface area contributed by atoms with Gasteiger partial charge in [-0.1, -0.05) is 32.9 Å². The Labute approximate surface area is 106 Å². The number of amides is 1. The Morgan fingerprint density at radius 1 is 1.22 bits per heavy atom. The molecule has 1 amide bonds. The molecule has 0 unspecified atom stereocenters. The number of benzene rings is 1. The summed E-state index contributed by atoms with van der Waals surface area (Å²) in [6.45, 7) is 6.10. The first kappa shape index (κ1) is 12.5. The number of rotatable bonds is 2. The molecule has 0 radical (unpaired) electrons. The molecule has 0 aliphatic carbocycles. The lowest BCUT2D eigenvalue weighted by atomic mass is 9.92. The van der Waals surface area contributed by atoms with E-state index in [9.17, 15) is 4.79 Å². The number of nitrogens with zero attached hydrogens (tertiary/aromatic N) is 2. The summed E-state index contributed by atoms with van der Waals surface area (Å²) in [4.78, 5) is 20.2. The van der Waals surface area contributed by atoms with Crippen LogP contribution in [0.5, 0.6) is 0 Å². The van der Waals surface area contributed by atoms with Crippen LogP contribution in [0.15, 0.2) is 30.6 Å². The molecule has 18 heavy (non-hydrogen) atoms. The highest BCUT2D eigenvalue weighted by molar-refractivity contribution is 5.99.